The van der Waals surface area contributed by atoms with E-state index in [2.05, 4.69) is 22.2 Å². The monoisotopic (exact) mass is 329 g/mol. The highest BCUT2D eigenvalue weighted by molar-refractivity contribution is 14.1. The van der Waals surface area contributed by atoms with Crippen LogP contribution in [0.5, 0.6) is 0 Å². The van der Waals surface area contributed by atoms with Crippen molar-refractivity contribution in [1.29, 1.82) is 0 Å². The van der Waals surface area contributed by atoms with E-state index in [1.54, 1.807) is 30.1 Å². The predicted molar refractivity (Wildman–Crippen MR) is 67.8 cm³/mol. The first-order chi connectivity index (χ1) is 7.10. The maximum atomic E-state index is 11.2. The maximum absolute atomic E-state index is 11.2. The third-order valence-electron chi connectivity index (χ3n) is 2.75. The van der Waals surface area contributed by atoms with Crippen LogP contribution in [0.4, 0.5) is 0 Å². The van der Waals surface area contributed by atoms with Crippen LogP contribution in [-0.4, -0.2) is 32.3 Å². The Morgan fingerprint density at radius 1 is 1.53 bits per heavy atom. The minimum atomic E-state index is -0.244. The van der Waals surface area contributed by atoms with Crippen LogP contribution in [0.25, 0.3) is 0 Å². The smallest absolute Gasteiger partial charge is 0.317 e. The number of likely N-dealkylation sites (N-methyl/N-ethyl adjacent to an activating group) is 1. The molecular formula is C10H20INO3. The third kappa shape index (κ3) is 5.12. The van der Waals surface area contributed by atoms with Crippen LogP contribution in [0.1, 0.15) is 26.7 Å². The Labute approximate surface area is 106 Å². The Morgan fingerprint density at radius 3 is 2.47 bits per heavy atom. The van der Waals surface area contributed by atoms with Gasteiger partial charge in [-0.1, -0.05) is 20.3 Å². The van der Waals surface area contributed by atoms with Crippen LogP contribution >= 0.6 is 23.0 Å². The van der Waals surface area contributed by atoms with Crippen molar-refractivity contribution in [2.45, 2.75) is 38.8 Å². The van der Waals surface area contributed by atoms with Crippen LogP contribution in [0.15, 0.2) is 0 Å². The molecule has 0 amide bonds. The van der Waals surface area contributed by atoms with Crippen molar-refractivity contribution in [1.82, 2.24) is 5.32 Å². The van der Waals surface area contributed by atoms with E-state index in [1.807, 2.05) is 7.05 Å². The fraction of sp³-hybridized carbons (Fsp3) is 0.900. The van der Waals surface area contributed by atoms with Gasteiger partial charge in [-0.2, -0.15) is 0 Å². The summed E-state index contributed by atoms with van der Waals surface area (Å²) >= 11 is 1.60. The molecule has 3 atom stereocenters. The molecule has 0 saturated carbocycles. The van der Waals surface area contributed by atoms with Crippen molar-refractivity contribution in [2.24, 2.45) is 5.92 Å². The average molecular weight is 329 g/mol. The summed E-state index contributed by atoms with van der Waals surface area (Å²) in [4.78, 5) is 11.2. The first-order valence-electron chi connectivity index (χ1n) is 5.12. The molecule has 0 aliphatic heterocycles. The van der Waals surface area contributed by atoms with Crippen molar-refractivity contribution in [3.8, 4) is 0 Å². The number of nitrogens with one attached hydrogen (secondary N) is 1. The molecule has 0 aliphatic carbocycles. The van der Waals surface area contributed by atoms with E-state index in [0.29, 0.717) is 5.92 Å². The third-order valence-corrected chi connectivity index (χ3v) is 3.24. The van der Waals surface area contributed by atoms with Gasteiger partial charge in [-0.05, 0) is 13.0 Å². The summed E-state index contributed by atoms with van der Waals surface area (Å²) in [5, 5.41) is 3.20. The van der Waals surface area contributed by atoms with Gasteiger partial charge in [0.1, 0.15) is 0 Å². The first-order valence-corrected chi connectivity index (χ1v) is 6.00. The molecule has 1 N–H and O–H groups in total. The van der Waals surface area contributed by atoms with E-state index in [1.165, 1.54) is 0 Å². The second-order valence-electron chi connectivity index (χ2n) is 3.63. The highest BCUT2D eigenvalue weighted by atomic mass is 127. The van der Waals surface area contributed by atoms with Gasteiger partial charge in [0.15, 0.2) is 23.0 Å². The number of carbonyl (C=O) groups excluding carboxylic acids is 1. The lowest BCUT2D eigenvalue weighted by atomic mass is 9.93. The van der Waals surface area contributed by atoms with Gasteiger partial charge in [0.2, 0.25) is 0 Å². The molecule has 0 aromatic carbocycles. The van der Waals surface area contributed by atoms with Gasteiger partial charge >= 0.3 is 5.97 Å². The highest BCUT2D eigenvalue weighted by Gasteiger charge is 2.27. The number of hydrogen-bond donors (Lipinski definition) is 1. The van der Waals surface area contributed by atoms with Crippen molar-refractivity contribution in [3.05, 3.63) is 0 Å². The van der Waals surface area contributed by atoms with E-state index in [9.17, 15) is 4.79 Å². The van der Waals surface area contributed by atoms with E-state index in [-0.39, 0.29) is 24.5 Å². The van der Waals surface area contributed by atoms with E-state index in [4.69, 9.17) is 4.74 Å². The lowest BCUT2D eigenvalue weighted by Crippen LogP contribution is -2.44. The Bertz CT molecular complexity index is 190. The zero-order valence-corrected chi connectivity index (χ0v) is 11.9. The normalized spacial score (nSPS) is 16.9. The second kappa shape index (κ2) is 8.29. The Morgan fingerprint density at radius 2 is 2.13 bits per heavy atom. The lowest BCUT2D eigenvalue weighted by molar-refractivity contribution is -0.134. The number of ether oxygens (including phenoxy) is 1. The van der Waals surface area contributed by atoms with Crippen LogP contribution in [0.2, 0.25) is 0 Å². The molecule has 90 valence electrons. The molecule has 0 saturated heterocycles. The van der Waals surface area contributed by atoms with E-state index >= 15 is 0 Å². The number of carbonyl (C=O) groups is 1. The quantitative estimate of drug-likeness (QED) is 0.725. The molecule has 4 nitrogen and oxygen atoms in total. The van der Waals surface area contributed by atoms with Gasteiger partial charge in [-0.15, -0.1) is 0 Å². The van der Waals surface area contributed by atoms with Crippen molar-refractivity contribution >= 4 is 29.0 Å². The Hall–Kier alpha value is 0.120. The number of halogens is 1. The molecule has 0 aliphatic rings. The predicted octanol–water partition coefficient (Wildman–Crippen LogP) is 1.92. The average Bonchev–Trinajstić information content (AvgIpc) is 2.27. The van der Waals surface area contributed by atoms with Crippen LogP contribution in [-0.2, 0) is 12.6 Å². The summed E-state index contributed by atoms with van der Waals surface area (Å²) in [5.74, 6) is 0.216. The van der Waals surface area contributed by atoms with Crippen LogP contribution < -0.4 is 5.32 Å². The molecule has 0 bridgehead atoms. The topological polar surface area (TPSA) is 47.6 Å². The summed E-state index contributed by atoms with van der Waals surface area (Å²) in [6, 6.07) is 0.176. The summed E-state index contributed by atoms with van der Waals surface area (Å²) in [5.41, 5.74) is 0. The van der Waals surface area contributed by atoms with Gasteiger partial charge in [-0.25, -0.2) is 0 Å². The lowest BCUT2D eigenvalue weighted by Gasteiger charge is -2.29. The van der Waals surface area contributed by atoms with Crippen LogP contribution in [0, 0.1) is 5.92 Å². The van der Waals surface area contributed by atoms with Gasteiger partial charge < -0.3 is 13.1 Å². The van der Waals surface area contributed by atoms with Gasteiger partial charge in [-0.3, -0.25) is 4.79 Å². The molecule has 0 spiro atoms. The van der Waals surface area contributed by atoms with E-state index in [0.717, 1.165) is 6.42 Å². The maximum Gasteiger partial charge on any atom is 0.317 e. The molecule has 0 rings (SSSR count). The minimum Gasteiger partial charge on any atom is -0.394 e. The first kappa shape index (κ1) is 15.1. The molecule has 0 heterocycles. The highest BCUT2D eigenvalue weighted by Crippen LogP contribution is 2.16. The zero-order valence-electron chi connectivity index (χ0n) is 9.75. The fourth-order valence-electron chi connectivity index (χ4n) is 1.64. The summed E-state index contributed by atoms with van der Waals surface area (Å²) in [6.45, 7) is 4.26. The number of rotatable bonds is 7. The molecular weight excluding hydrogens is 309 g/mol. The van der Waals surface area contributed by atoms with E-state index < -0.39 is 0 Å². The van der Waals surface area contributed by atoms with Gasteiger partial charge in [0.25, 0.3) is 0 Å². The second-order valence-corrected chi connectivity index (χ2v) is 4.07. The van der Waals surface area contributed by atoms with Gasteiger partial charge in [0, 0.05) is 13.2 Å². The zero-order chi connectivity index (χ0) is 11.8. The molecule has 5 heteroatoms. The molecule has 0 aromatic rings. The molecule has 0 fully saturated rings. The van der Waals surface area contributed by atoms with Crippen molar-refractivity contribution in [2.75, 3.05) is 14.2 Å². The SMILES string of the molecule is CC[C@H](C)[C@H](NC)[C@@H](CC(=O)OI)OC. The summed E-state index contributed by atoms with van der Waals surface area (Å²) in [7, 11) is 3.51. The largest absolute Gasteiger partial charge is 0.394 e. The Kier molecular flexibility index (Phi) is 8.36. The molecule has 0 unspecified atom stereocenters. The Balaban J connectivity index is 4.39. The standard InChI is InChI=1S/C10H20INO3/c1-5-7(2)10(12-3)8(14-4)6-9(13)15-11/h7-8,10,12H,5-6H2,1-4H3/t7-,8+,10-/m0/s1. The summed E-state index contributed by atoms with van der Waals surface area (Å²) in [6.07, 6.45) is 1.20. The fourth-order valence-corrected chi connectivity index (χ4v) is 1.82. The number of methoxy groups -OCH3 is 1. The van der Waals surface area contributed by atoms with Crippen molar-refractivity contribution < 1.29 is 12.6 Å². The summed E-state index contributed by atoms with van der Waals surface area (Å²) < 4.78 is 9.95. The molecule has 15 heavy (non-hydrogen) atoms. The number of hydrogen-bond acceptors (Lipinski definition) is 4. The van der Waals surface area contributed by atoms with Gasteiger partial charge in [0.05, 0.1) is 12.5 Å². The minimum absolute atomic E-state index is 0.132. The van der Waals surface area contributed by atoms with Crippen molar-refractivity contribution in [3.63, 3.8) is 0 Å². The van der Waals surface area contributed by atoms with Crippen LogP contribution in [0.3, 0.4) is 0 Å². The molecule has 0 aromatic heterocycles. The molecule has 0 radical (unpaired) electrons.